The van der Waals surface area contributed by atoms with Gasteiger partial charge in [0, 0.05) is 0 Å². The van der Waals surface area contributed by atoms with Gasteiger partial charge >= 0.3 is 0 Å². The second-order valence-electron chi connectivity index (χ2n) is 4.96. The molecule has 0 aliphatic carbocycles. The van der Waals surface area contributed by atoms with Crippen molar-refractivity contribution in [1.82, 2.24) is 0 Å². The summed E-state index contributed by atoms with van der Waals surface area (Å²) in [5.41, 5.74) is 2.84. The van der Waals surface area contributed by atoms with Crippen molar-refractivity contribution in [3.63, 3.8) is 0 Å². The van der Waals surface area contributed by atoms with Gasteiger partial charge in [0.05, 0.1) is 0 Å². The van der Waals surface area contributed by atoms with Crippen LogP contribution in [0.2, 0.25) is 0 Å². The Morgan fingerprint density at radius 1 is 0.864 bits per heavy atom. The van der Waals surface area contributed by atoms with Gasteiger partial charge in [0.2, 0.25) is 0 Å². The Morgan fingerprint density at radius 2 is 1.45 bits per heavy atom. The predicted octanol–water partition coefficient (Wildman–Crippen LogP) is 4.63. The van der Waals surface area contributed by atoms with E-state index in [0.29, 0.717) is 0 Å². The SMILES string of the molecule is CC(/C=C/c1ccc(O)cc1)=C\C(=O)/C=C/c1ccccc1. The molecule has 0 bridgehead atoms. The highest BCUT2D eigenvalue weighted by molar-refractivity contribution is 6.02. The molecule has 2 heteroatoms. The van der Waals surface area contributed by atoms with Crippen molar-refractivity contribution in [3.8, 4) is 5.75 Å². The molecule has 0 unspecified atom stereocenters. The van der Waals surface area contributed by atoms with E-state index >= 15 is 0 Å². The molecule has 0 aliphatic rings. The number of benzene rings is 2. The Kier molecular flexibility index (Phi) is 5.50. The van der Waals surface area contributed by atoms with Gasteiger partial charge in [-0.05, 0) is 47.9 Å². The van der Waals surface area contributed by atoms with Crippen LogP contribution in [0.1, 0.15) is 18.1 Å². The zero-order chi connectivity index (χ0) is 15.8. The quantitative estimate of drug-likeness (QED) is 0.643. The van der Waals surface area contributed by atoms with Gasteiger partial charge in [0.15, 0.2) is 5.78 Å². The summed E-state index contributed by atoms with van der Waals surface area (Å²) < 4.78 is 0. The molecule has 2 nitrogen and oxygen atoms in total. The first kappa shape index (κ1) is 15.5. The topological polar surface area (TPSA) is 37.3 Å². The fourth-order valence-electron chi connectivity index (χ4n) is 1.88. The fraction of sp³-hybridized carbons (Fsp3) is 0.0500. The lowest BCUT2D eigenvalue weighted by Gasteiger charge is -1.95. The highest BCUT2D eigenvalue weighted by atomic mass is 16.3. The van der Waals surface area contributed by atoms with Gasteiger partial charge in [-0.2, -0.15) is 0 Å². The molecule has 110 valence electrons. The van der Waals surface area contributed by atoms with E-state index in [9.17, 15) is 9.90 Å². The molecule has 2 aromatic carbocycles. The lowest BCUT2D eigenvalue weighted by Crippen LogP contribution is -1.87. The third-order valence-electron chi connectivity index (χ3n) is 3.04. The molecule has 0 heterocycles. The van der Waals surface area contributed by atoms with Gasteiger partial charge in [0.1, 0.15) is 5.75 Å². The molecule has 0 atom stereocenters. The summed E-state index contributed by atoms with van der Waals surface area (Å²) in [4.78, 5) is 11.9. The van der Waals surface area contributed by atoms with E-state index in [1.54, 1.807) is 30.4 Å². The van der Waals surface area contributed by atoms with Crippen LogP contribution in [-0.4, -0.2) is 10.9 Å². The number of phenolic OH excluding ortho intramolecular Hbond substituents is 1. The average Bonchev–Trinajstić information content (AvgIpc) is 2.53. The van der Waals surface area contributed by atoms with Crippen LogP contribution in [-0.2, 0) is 4.79 Å². The molecule has 2 rings (SSSR count). The number of aromatic hydroxyl groups is 1. The van der Waals surface area contributed by atoms with Crippen LogP contribution in [0.25, 0.3) is 12.2 Å². The summed E-state index contributed by atoms with van der Waals surface area (Å²) in [5.74, 6) is 0.197. The maximum Gasteiger partial charge on any atom is 0.178 e. The van der Waals surface area contributed by atoms with Gasteiger partial charge in [-0.25, -0.2) is 0 Å². The summed E-state index contributed by atoms with van der Waals surface area (Å²) in [6.07, 6.45) is 8.74. The largest absolute Gasteiger partial charge is 0.508 e. The molecule has 22 heavy (non-hydrogen) atoms. The van der Waals surface area contributed by atoms with E-state index in [2.05, 4.69) is 0 Å². The van der Waals surface area contributed by atoms with Crippen molar-refractivity contribution in [2.75, 3.05) is 0 Å². The normalized spacial score (nSPS) is 12.1. The number of allylic oxidation sites excluding steroid dienone is 4. The molecule has 0 radical (unpaired) electrons. The molecule has 0 saturated carbocycles. The van der Waals surface area contributed by atoms with Crippen LogP contribution in [0.3, 0.4) is 0 Å². The monoisotopic (exact) mass is 290 g/mol. The van der Waals surface area contributed by atoms with Crippen LogP contribution < -0.4 is 0 Å². The smallest absolute Gasteiger partial charge is 0.178 e. The van der Waals surface area contributed by atoms with Crippen LogP contribution in [0.5, 0.6) is 5.75 Å². The first-order chi connectivity index (χ1) is 10.6. The number of carbonyl (C=O) groups is 1. The van der Waals surface area contributed by atoms with E-state index in [1.165, 1.54) is 0 Å². The number of hydrogen-bond donors (Lipinski definition) is 1. The Morgan fingerprint density at radius 3 is 2.14 bits per heavy atom. The molecular weight excluding hydrogens is 272 g/mol. The van der Waals surface area contributed by atoms with Crippen molar-refractivity contribution in [2.24, 2.45) is 0 Å². The van der Waals surface area contributed by atoms with E-state index in [0.717, 1.165) is 16.7 Å². The molecule has 0 fully saturated rings. The number of hydrogen-bond acceptors (Lipinski definition) is 2. The lowest BCUT2D eigenvalue weighted by atomic mass is 10.1. The van der Waals surface area contributed by atoms with Crippen molar-refractivity contribution in [2.45, 2.75) is 6.92 Å². The van der Waals surface area contributed by atoms with Crippen molar-refractivity contribution >= 4 is 17.9 Å². The summed E-state index contributed by atoms with van der Waals surface area (Å²) in [5, 5.41) is 9.22. The number of rotatable bonds is 5. The fourth-order valence-corrected chi connectivity index (χ4v) is 1.88. The third kappa shape index (κ3) is 5.25. The number of ketones is 1. The number of phenols is 1. The van der Waals surface area contributed by atoms with Gasteiger partial charge in [-0.3, -0.25) is 4.79 Å². The first-order valence-electron chi connectivity index (χ1n) is 7.06. The highest BCUT2D eigenvalue weighted by Gasteiger charge is 1.93. The summed E-state index contributed by atoms with van der Waals surface area (Å²) >= 11 is 0. The van der Waals surface area contributed by atoms with Gasteiger partial charge in [-0.1, -0.05) is 60.7 Å². The maximum atomic E-state index is 11.9. The standard InChI is InChI=1S/C20H18O2/c1-16(7-8-18-9-12-19(21)13-10-18)15-20(22)14-11-17-5-3-2-4-6-17/h2-15,21H,1H3/b8-7+,14-11+,16-15+. The molecule has 0 saturated heterocycles. The van der Waals surface area contributed by atoms with Crippen molar-refractivity contribution in [1.29, 1.82) is 0 Å². The molecule has 0 amide bonds. The van der Waals surface area contributed by atoms with Crippen LogP contribution in [0, 0.1) is 0 Å². The molecule has 1 N–H and O–H groups in total. The van der Waals surface area contributed by atoms with Crippen LogP contribution in [0.4, 0.5) is 0 Å². The summed E-state index contributed by atoms with van der Waals surface area (Å²) in [6, 6.07) is 16.6. The second-order valence-corrected chi connectivity index (χ2v) is 4.96. The van der Waals surface area contributed by atoms with Crippen molar-refractivity contribution < 1.29 is 9.90 Å². The van der Waals surface area contributed by atoms with Gasteiger partial charge in [-0.15, -0.1) is 0 Å². The Bertz CT molecular complexity index is 705. The predicted molar refractivity (Wildman–Crippen MR) is 91.4 cm³/mol. The minimum absolute atomic E-state index is 0.0447. The van der Waals surface area contributed by atoms with E-state index in [-0.39, 0.29) is 11.5 Å². The summed E-state index contributed by atoms with van der Waals surface area (Å²) in [7, 11) is 0. The first-order valence-corrected chi connectivity index (χ1v) is 7.06. The Hall–Kier alpha value is -2.87. The lowest BCUT2D eigenvalue weighted by molar-refractivity contribution is -0.110. The molecule has 0 spiro atoms. The second kappa shape index (κ2) is 7.79. The number of carbonyl (C=O) groups excluding carboxylic acids is 1. The van der Waals surface area contributed by atoms with E-state index < -0.39 is 0 Å². The van der Waals surface area contributed by atoms with Crippen LogP contribution in [0.15, 0.2) is 78.4 Å². The zero-order valence-corrected chi connectivity index (χ0v) is 12.4. The third-order valence-corrected chi connectivity index (χ3v) is 3.04. The van der Waals surface area contributed by atoms with E-state index in [4.69, 9.17) is 0 Å². The minimum Gasteiger partial charge on any atom is -0.508 e. The minimum atomic E-state index is -0.0447. The van der Waals surface area contributed by atoms with Gasteiger partial charge < -0.3 is 5.11 Å². The van der Waals surface area contributed by atoms with Gasteiger partial charge in [0.25, 0.3) is 0 Å². The molecule has 0 aromatic heterocycles. The Labute approximate surface area is 130 Å². The van der Waals surface area contributed by atoms with Crippen molar-refractivity contribution in [3.05, 3.63) is 89.5 Å². The van der Waals surface area contributed by atoms with E-state index in [1.807, 2.05) is 61.5 Å². The molecule has 0 aliphatic heterocycles. The summed E-state index contributed by atoms with van der Waals surface area (Å²) in [6.45, 7) is 1.88. The maximum absolute atomic E-state index is 11.9. The highest BCUT2D eigenvalue weighted by Crippen LogP contribution is 2.12. The average molecular weight is 290 g/mol. The molecule has 2 aromatic rings. The van der Waals surface area contributed by atoms with Crippen LogP contribution >= 0.6 is 0 Å². The Balaban J connectivity index is 1.97. The zero-order valence-electron chi connectivity index (χ0n) is 12.4. The molecular formula is C20H18O2.